The summed E-state index contributed by atoms with van der Waals surface area (Å²) < 4.78 is 5.83. The average molecular weight is 359 g/mol. The standard InChI is InChI=1S/C19H25N3O4/c23-17(24)19-6-1-4-14(19)11-22(12-19)18(25)21-15-5-8-26-16(9-15)13-3-2-7-20-10-13/h2-3,7,10,14-16H,1,4-6,8-9,11-12H2,(H,21,25)(H,23,24)/t14-,15?,16?,19+/m0/s1. The van der Waals surface area contributed by atoms with Gasteiger partial charge in [-0.2, -0.15) is 0 Å². The van der Waals surface area contributed by atoms with Crippen molar-refractivity contribution in [1.29, 1.82) is 0 Å². The summed E-state index contributed by atoms with van der Waals surface area (Å²) in [4.78, 5) is 30.3. The van der Waals surface area contributed by atoms with Crippen molar-refractivity contribution in [1.82, 2.24) is 15.2 Å². The van der Waals surface area contributed by atoms with E-state index in [1.807, 2.05) is 12.1 Å². The highest BCUT2D eigenvalue weighted by Gasteiger charge is 2.55. The number of carboxylic acid groups (broad SMARTS) is 1. The molecule has 7 heteroatoms. The molecule has 3 heterocycles. The van der Waals surface area contributed by atoms with Crippen LogP contribution in [0.3, 0.4) is 0 Å². The fraction of sp³-hybridized carbons (Fsp3) is 0.632. The first-order valence-corrected chi connectivity index (χ1v) is 9.39. The maximum Gasteiger partial charge on any atom is 0.317 e. The van der Waals surface area contributed by atoms with Crippen molar-refractivity contribution in [2.24, 2.45) is 11.3 Å². The van der Waals surface area contributed by atoms with E-state index in [-0.39, 0.29) is 24.1 Å². The minimum atomic E-state index is -0.752. The second kappa shape index (κ2) is 6.87. The average Bonchev–Trinajstić information content (AvgIpc) is 3.21. The highest BCUT2D eigenvalue weighted by molar-refractivity contribution is 5.80. The molecule has 3 aliphatic rings. The fourth-order valence-electron chi connectivity index (χ4n) is 4.79. The quantitative estimate of drug-likeness (QED) is 0.863. The van der Waals surface area contributed by atoms with Gasteiger partial charge in [0.2, 0.25) is 0 Å². The van der Waals surface area contributed by atoms with Gasteiger partial charge in [-0.1, -0.05) is 12.5 Å². The smallest absolute Gasteiger partial charge is 0.317 e. The van der Waals surface area contributed by atoms with E-state index < -0.39 is 11.4 Å². The first-order chi connectivity index (χ1) is 12.6. The Morgan fingerprint density at radius 2 is 2.27 bits per heavy atom. The summed E-state index contributed by atoms with van der Waals surface area (Å²) in [6.07, 6.45) is 7.46. The Morgan fingerprint density at radius 3 is 3.00 bits per heavy atom. The number of likely N-dealkylation sites (tertiary alicyclic amines) is 1. The third kappa shape index (κ3) is 3.05. The number of pyridine rings is 1. The number of nitrogens with zero attached hydrogens (tertiary/aromatic N) is 2. The number of hydrogen-bond donors (Lipinski definition) is 2. The van der Waals surface area contributed by atoms with Gasteiger partial charge in [0.1, 0.15) is 0 Å². The van der Waals surface area contributed by atoms with Crippen LogP contribution in [0.4, 0.5) is 4.79 Å². The molecule has 3 fully saturated rings. The molecule has 1 saturated carbocycles. The SMILES string of the molecule is O=C(NC1CCOC(c2cccnc2)C1)N1C[C@@H]2CCC[C@@]2(C(=O)O)C1. The fourth-order valence-corrected chi connectivity index (χ4v) is 4.79. The van der Waals surface area contributed by atoms with Gasteiger partial charge in [-0.3, -0.25) is 9.78 Å². The van der Waals surface area contributed by atoms with Crippen LogP contribution in [0.2, 0.25) is 0 Å². The van der Waals surface area contributed by atoms with Crippen LogP contribution in [-0.4, -0.2) is 52.7 Å². The number of rotatable bonds is 3. The van der Waals surface area contributed by atoms with Crippen molar-refractivity contribution in [2.45, 2.75) is 44.2 Å². The maximum atomic E-state index is 12.7. The number of carbonyl (C=O) groups excluding carboxylic acids is 1. The lowest BCUT2D eigenvalue weighted by Gasteiger charge is -2.32. The predicted octanol–water partition coefficient (Wildman–Crippen LogP) is 2.20. The third-order valence-electron chi connectivity index (χ3n) is 6.25. The second-order valence-electron chi connectivity index (χ2n) is 7.75. The summed E-state index contributed by atoms with van der Waals surface area (Å²) in [5.41, 5.74) is 0.289. The van der Waals surface area contributed by atoms with E-state index in [1.165, 1.54) is 0 Å². The van der Waals surface area contributed by atoms with E-state index in [0.717, 1.165) is 24.8 Å². The van der Waals surface area contributed by atoms with Crippen LogP contribution < -0.4 is 5.32 Å². The molecule has 0 radical (unpaired) electrons. The molecular formula is C19H25N3O4. The number of ether oxygens (including phenoxy) is 1. The number of carboxylic acids is 1. The van der Waals surface area contributed by atoms with E-state index in [2.05, 4.69) is 10.3 Å². The minimum Gasteiger partial charge on any atom is -0.481 e. The van der Waals surface area contributed by atoms with Crippen molar-refractivity contribution in [3.63, 3.8) is 0 Å². The van der Waals surface area contributed by atoms with Gasteiger partial charge >= 0.3 is 12.0 Å². The number of amides is 2. The van der Waals surface area contributed by atoms with Crippen LogP contribution in [0.1, 0.15) is 43.8 Å². The van der Waals surface area contributed by atoms with Crippen molar-refractivity contribution in [3.05, 3.63) is 30.1 Å². The molecule has 0 aromatic carbocycles. The normalized spacial score (nSPS) is 33.7. The molecule has 2 saturated heterocycles. The summed E-state index contributed by atoms with van der Waals surface area (Å²) in [7, 11) is 0. The summed E-state index contributed by atoms with van der Waals surface area (Å²) in [6.45, 7) is 1.47. The van der Waals surface area contributed by atoms with Gasteiger partial charge in [-0.25, -0.2) is 4.79 Å². The zero-order chi connectivity index (χ0) is 18.1. The second-order valence-corrected chi connectivity index (χ2v) is 7.75. The zero-order valence-electron chi connectivity index (χ0n) is 14.8. The van der Waals surface area contributed by atoms with Gasteiger partial charge in [0.05, 0.1) is 11.5 Å². The lowest BCUT2D eigenvalue weighted by Crippen LogP contribution is -2.47. The molecule has 0 spiro atoms. The number of hydrogen-bond acceptors (Lipinski definition) is 4. The molecule has 7 nitrogen and oxygen atoms in total. The van der Waals surface area contributed by atoms with Gasteiger partial charge in [0, 0.05) is 38.1 Å². The number of aliphatic carboxylic acids is 1. The van der Waals surface area contributed by atoms with Gasteiger partial charge in [0.25, 0.3) is 0 Å². The van der Waals surface area contributed by atoms with E-state index in [1.54, 1.807) is 17.3 Å². The molecule has 4 rings (SSSR count). The molecule has 1 aromatic heterocycles. The van der Waals surface area contributed by atoms with Crippen molar-refractivity contribution < 1.29 is 19.4 Å². The van der Waals surface area contributed by atoms with Crippen LogP contribution in [0, 0.1) is 11.3 Å². The molecule has 2 amide bonds. The largest absolute Gasteiger partial charge is 0.481 e. The van der Waals surface area contributed by atoms with Crippen LogP contribution in [0.15, 0.2) is 24.5 Å². The molecule has 1 aliphatic carbocycles. The van der Waals surface area contributed by atoms with Crippen LogP contribution in [0.5, 0.6) is 0 Å². The van der Waals surface area contributed by atoms with Crippen molar-refractivity contribution in [2.75, 3.05) is 19.7 Å². The zero-order valence-corrected chi connectivity index (χ0v) is 14.8. The summed E-state index contributed by atoms with van der Waals surface area (Å²) >= 11 is 0. The van der Waals surface area contributed by atoms with Gasteiger partial charge in [-0.05, 0) is 43.2 Å². The Morgan fingerprint density at radius 1 is 1.38 bits per heavy atom. The molecule has 140 valence electrons. The molecule has 1 aromatic rings. The molecule has 0 bridgehead atoms. The molecule has 2 aliphatic heterocycles. The van der Waals surface area contributed by atoms with Crippen molar-refractivity contribution in [3.8, 4) is 0 Å². The lowest BCUT2D eigenvalue weighted by atomic mass is 9.81. The Balaban J connectivity index is 1.37. The molecular weight excluding hydrogens is 334 g/mol. The van der Waals surface area contributed by atoms with Gasteiger partial charge in [-0.15, -0.1) is 0 Å². The number of fused-ring (bicyclic) bond motifs is 1. The van der Waals surface area contributed by atoms with Gasteiger partial charge < -0.3 is 20.1 Å². The molecule has 2 unspecified atom stereocenters. The van der Waals surface area contributed by atoms with Crippen LogP contribution in [-0.2, 0) is 9.53 Å². The predicted molar refractivity (Wildman–Crippen MR) is 93.5 cm³/mol. The number of carbonyl (C=O) groups is 2. The Hall–Kier alpha value is -2.15. The first-order valence-electron chi connectivity index (χ1n) is 9.39. The third-order valence-corrected chi connectivity index (χ3v) is 6.25. The van der Waals surface area contributed by atoms with E-state index in [4.69, 9.17) is 4.74 Å². The number of nitrogens with one attached hydrogen (secondary N) is 1. The van der Waals surface area contributed by atoms with E-state index >= 15 is 0 Å². The highest BCUT2D eigenvalue weighted by atomic mass is 16.5. The topological polar surface area (TPSA) is 91.8 Å². The summed E-state index contributed by atoms with van der Waals surface area (Å²) in [5, 5.41) is 12.8. The van der Waals surface area contributed by atoms with E-state index in [9.17, 15) is 14.7 Å². The van der Waals surface area contributed by atoms with Crippen molar-refractivity contribution >= 4 is 12.0 Å². The first kappa shape index (κ1) is 17.3. The summed E-state index contributed by atoms with van der Waals surface area (Å²) in [6, 6.07) is 3.76. The Labute approximate surface area is 152 Å². The van der Waals surface area contributed by atoms with Crippen LogP contribution in [0.25, 0.3) is 0 Å². The molecule has 2 N–H and O–H groups in total. The minimum absolute atomic E-state index is 0.0303. The van der Waals surface area contributed by atoms with E-state index in [0.29, 0.717) is 32.5 Å². The molecule has 26 heavy (non-hydrogen) atoms. The summed E-state index contributed by atoms with van der Waals surface area (Å²) in [5.74, 6) is -0.665. The Bertz CT molecular complexity index is 683. The Kier molecular flexibility index (Phi) is 4.56. The number of urea groups is 1. The highest BCUT2D eigenvalue weighted by Crippen LogP contribution is 2.48. The maximum absolute atomic E-state index is 12.7. The molecule has 4 atom stereocenters. The lowest BCUT2D eigenvalue weighted by molar-refractivity contribution is -0.149. The monoisotopic (exact) mass is 359 g/mol. The van der Waals surface area contributed by atoms with Crippen LogP contribution >= 0.6 is 0 Å². The van der Waals surface area contributed by atoms with Gasteiger partial charge in [0.15, 0.2) is 0 Å². The number of aromatic nitrogens is 1.